The van der Waals surface area contributed by atoms with Gasteiger partial charge in [0, 0.05) is 13.1 Å². The number of hydrogen-bond donors (Lipinski definition) is 4. The van der Waals surface area contributed by atoms with Crippen LogP contribution in [-0.4, -0.2) is 123 Å². The summed E-state index contributed by atoms with van der Waals surface area (Å²) in [6.45, 7) is 4.13. The number of primary amides is 4. The predicted molar refractivity (Wildman–Crippen MR) is 114 cm³/mol. The number of amides is 4. The second kappa shape index (κ2) is 15.5. The molecule has 0 saturated carbocycles. The zero-order valence-electron chi connectivity index (χ0n) is 18.2. The fourth-order valence-electron chi connectivity index (χ4n) is 3.08. The Morgan fingerprint density at radius 1 is 0.500 bits per heavy atom. The monoisotopic (exact) mass is 430 g/mol. The lowest BCUT2D eigenvalue weighted by atomic mass is 10.3. The molecular weight excluding hydrogens is 392 g/mol. The van der Waals surface area contributed by atoms with E-state index in [4.69, 9.17) is 22.9 Å². The minimum absolute atomic E-state index is 0.102. The average Bonchev–Trinajstić information content (AvgIpc) is 2.56. The van der Waals surface area contributed by atoms with Crippen LogP contribution in [0.1, 0.15) is 12.8 Å². The molecule has 12 heteroatoms. The number of nitrogens with zero attached hydrogens (tertiary/aromatic N) is 4. The van der Waals surface area contributed by atoms with Crippen molar-refractivity contribution in [3.63, 3.8) is 0 Å². The Morgan fingerprint density at radius 2 is 0.800 bits per heavy atom. The maximum Gasteiger partial charge on any atom is 0.231 e. The van der Waals surface area contributed by atoms with Crippen LogP contribution in [0.2, 0.25) is 0 Å². The zero-order valence-corrected chi connectivity index (χ0v) is 18.2. The summed E-state index contributed by atoms with van der Waals surface area (Å²) in [4.78, 5) is 52.1. The highest BCUT2D eigenvalue weighted by atomic mass is 16.2. The summed E-state index contributed by atoms with van der Waals surface area (Å²) >= 11 is 0. The average molecular weight is 431 g/mol. The van der Waals surface area contributed by atoms with E-state index in [1.807, 2.05) is 19.6 Å². The van der Waals surface area contributed by atoms with E-state index in [0.717, 1.165) is 12.8 Å². The molecule has 0 atom stereocenters. The van der Waals surface area contributed by atoms with E-state index in [1.54, 1.807) is 14.1 Å². The van der Waals surface area contributed by atoms with Crippen molar-refractivity contribution in [2.45, 2.75) is 12.8 Å². The Kier molecular flexibility index (Phi) is 14.4. The summed E-state index contributed by atoms with van der Waals surface area (Å²) in [5, 5.41) is 0. The van der Waals surface area contributed by atoms with Gasteiger partial charge in [-0.15, -0.1) is 0 Å². The van der Waals surface area contributed by atoms with Gasteiger partial charge in [-0.3, -0.25) is 38.8 Å². The fraction of sp³-hybridized carbons (Fsp3) is 0.778. The Labute approximate surface area is 178 Å². The smallest absolute Gasteiger partial charge is 0.231 e. The molecule has 0 saturated heterocycles. The van der Waals surface area contributed by atoms with E-state index >= 15 is 0 Å². The fourth-order valence-corrected chi connectivity index (χ4v) is 3.08. The van der Waals surface area contributed by atoms with E-state index < -0.39 is 23.6 Å². The van der Waals surface area contributed by atoms with Crippen molar-refractivity contribution < 1.29 is 19.2 Å². The first-order valence-electron chi connectivity index (χ1n) is 9.94. The van der Waals surface area contributed by atoms with Crippen LogP contribution in [-0.2, 0) is 19.2 Å². The largest absolute Gasteiger partial charge is 0.369 e. The number of rotatable bonds is 19. The van der Waals surface area contributed by atoms with Crippen LogP contribution in [0.3, 0.4) is 0 Å². The van der Waals surface area contributed by atoms with Gasteiger partial charge in [-0.25, -0.2) is 0 Å². The molecule has 0 rings (SSSR count). The third kappa shape index (κ3) is 16.7. The van der Waals surface area contributed by atoms with Crippen LogP contribution in [0.15, 0.2) is 0 Å². The number of hydrogen-bond acceptors (Lipinski definition) is 8. The van der Waals surface area contributed by atoms with Gasteiger partial charge in [-0.05, 0) is 53.1 Å². The van der Waals surface area contributed by atoms with Crippen LogP contribution < -0.4 is 22.9 Å². The first-order chi connectivity index (χ1) is 14.0. The highest BCUT2D eigenvalue weighted by Gasteiger charge is 2.14. The van der Waals surface area contributed by atoms with Crippen LogP contribution in [0.5, 0.6) is 0 Å². The van der Waals surface area contributed by atoms with Gasteiger partial charge < -0.3 is 22.9 Å². The topological polar surface area (TPSA) is 185 Å². The second-order valence-corrected chi connectivity index (χ2v) is 7.60. The van der Waals surface area contributed by atoms with Crippen LogP contribution >= 0.6 is 0 Å². The van der Waals surface area contributed by atoms with Crippen molar-refractivity contribution in [1.82, 2.24) is 19.6 Å². The zero-order chi connectivity index (χ0) is 23.1. The van der Waals surface area contributed by atoms with Crippen molar-refractivity contribution in [3.8, 4) is 0 Å². The van der Waals surface area contributed by atoms with Crippen molar-refractivity contribution in [2.24, 2.45) is 22.9 Å². The standard InChI is InChI=1S/C18H38N8O4/c1-23(11-15(19)27)5-3-7-25(13-17(21)29)9-10-26(14-18(22)30)8-4-6-24(2)12-16(20)28/h3-14H2,1-2H3,(H2,19,27)(H2,20,28)(H2,21,29)(H2,22,30). The van der Waals surface area contributed by atoms with Gasteiger partial charge in [-0.1, -0.05) is 0 Å². The molecule has 12 nitrogen and oxygen atoms in total. The van der Waals surface area contributed by atoms with Crippen molar-refractivity contribution >= 4 is 23.6 Å². The maximum atomic E-state index is 11.4. The van der Waals surface area contributed by atoms with Gasteiger partial charge in [0.25, 0.3) is 0 Å². The SMILES string of the molecule is CN(CCCN(CCN(CCCN(C)CC(N)=O)CC(N)=O)CC(N)=O)CC(N)=O. The lowest BCUT2D eigenvalue weighted by Gasteiger charge is -2.27. The Bertz CT molecular complexity index is 512. The van der Waals surface area contributed by atoms with Gasteiger partial charge >= 0.3 is 0 Å². The van der Waals surface area contributed by atoms with Gasteiger partial charge in [-0.2, -0.15) is 0 Å². The molecule has 0 aromatic rings. The van der Waals surface area contributed by atoms with Crippen LogP contribution in [0.4, 0.5) is 0 Å². The Morgan fingerprint density at radius 3 is 1.07 bits per heavy atom. The number of nitrogens with two attached hydrogens (primary N) is 4. The van der Waals surface area contributed by atoms with E-state index in [9.17, 15) is 19.2 Å². The van der Waals surface area contributed by atoms with E-state index in [1.165, 1.54) is 0 Å². The lowest BCUT2D eigenvalue weighted by molar-refractivity contribution is -0.120. The highest BCUT2D eigenvalue weighted by molar-refractivity contribution is 5.76. The predicted octanol–water partition coefficient (Wildman–Crippen LogP) is -3.82. The number of carbonyl (C=O) groups is 4. The molecular formula is C18H38N8O4. The van der Waals surface area contributed by atoms with Crippen molar-refractivity contribution in [2.75, 3.05) is 79.5 Å². The molecule has 0 spiro atoms. The molecule has 0 heterocycles. The number of likely N-dealkylation sites (N-methyl/N-ethyl adjacent to an activating group) is 2. The molecule has 30 heavy (non-hydrogen) atoms. The first-order valence-corrected chi connectivity index (χ1v) is 9.94. The van der Waals surface area contributed by atoms with Gasteiger partial charge in [0.05, 0.1) is 26.2 Å². The summed E-state index contributed by atoms with van der Waals surface area (Å²) in [5.41, 5.74) is 21.0. The summed E-state index contributed by atoms with van der Waals surface area (Å²) in [6.07, 6.45) is 1.45. The van der Waals surface area contributed by atoms with Gasteiger partial charge in [0.1, 0.15) is 0 Å². The highest BCUT2D eigenvalue weighted by Crippen LogP contribution is 1.99. The Balaban J connectivity index is 4.56. The molecule has 0 aliphatic rings. The maximum absolute atomic E-state index is 11.4. The van der Waals surface area contributed by atoms with Gasteiger partial charge in [0.2, 0.25) is 23.6 Å². The lowest BCUT2D eigenvalue weighted by Crippen LogP contribution is -2.43. The van der Waals surface area contributed by atoms with Crippen LogP contribution in [0.25, 0.3) is 0 Å². The molecule has 0 aromatic carbocycles. The third-order valence-electron chi connectivity index (χ3n) is 4.37. The summed E-state index contributed by atoms with van der Waals surface area (Å²) in [7, 11) is 3.60. The van der Waals surface area contributed by atoms with E-state index in [-0.39, 0.29) is 26.2 Å². The molecule has 0 radical (unpaired) electrons. The van der Waals surface area contributed by atoms with Crippen molar-refractivity contribution in [1.29, 1.82) is 0 Å². The van der Waals surface area contributed by atoms with Crippen LogP contribution in [0, 0.1) is 0 Å². The molecule has 4 amide bonds. The third-order valence-corrected chi connectivity index (χ3v) is 4.37. The van der Waals surface area contributed by atoms with Crippen molar-refractivity contribution in [3.05, 3.63) is 0 Å². The molecule has 8 N–H and O–H groups in total. The summed E-state index contributed by atoms with van der Waals surface area (Å²) < 4.78 is 0. The number of carbonyl (C=O) groups excluding carboxylic acids is 4. The quantitative estimate of drug-likeness (QED) is 0.160. The second-order valence-electron chi connectivity index (χ2n) is 7.60. The molecule has 0 aromatic heterocycles. The molecule has 0 aliphatic carbocycles. The first kappa shape index (κ1) is 27.7. The van der Waals surface area contributed by atoms with E-state index in [2.05, 4.69) is 0 Å². The summed E-state index contributed by atoms with van der Waals surface area (Å²) in [5.74, 6) is -1.66. The minimum atomic E-state index is -0.435. The minimum Gasteiger partial charge on any atom is -0.369 e. The van der Waals surface area contributed by atoms with Gasteiger partial charge in [0.15, 0.2) is 0 Å². The molecule has 174 valence electrons. The Hall–Kier alpha value is -2.28. The molecule has 0 bridgehead atoms. The van der Waals surface area contributed by atoms with E-state index in [0.29, 0.717) is 39.3 Å². The molecule has 0 aliphatic heterocycles. The molecule has 0 unspecified atom stereocenters. The molecule has 0 fully saturated rings. The summed E-state index contributed by atoms with van der Waals surface area (Å²) in [6, 6.07) is 0. The normalized spacial score (nSPS) is 11.5.